The molecule has 1 saturated heterocycles. The van der Waals surface area contributed by atoms with Crippen LogP contribution in [0.1, 0.15) is 40.0 Å². The van der Waals surface area contributed by atoms with E-state index in [1.54, 1.807) is 6.26 Å². The number of rotatable bonds is 1. The predicted molar refractivity (Wildman–Crippen MR) is 59.4 cm³/mol. The third kappa shape index (κ3) is 2.73. The van der Waals surface area contributed by atoms with Gasteiger partial charge >= 0.3 is 0 Å². The zero-order valence-electron chi connectivity index (χ0n) is 9.82. The van der Waals surface area contributed by atoms with Crippen molar-refractivity contribution in [1.82, 2.24) is 5.32 Å². The van der Waals surface area contributed by atoms with Gasteiger partial charge < -0.3 is 9.47 Å². The van der Waals surface area contributed by atoms with Crippen molar-refractivity contribution < 1.29 is 9.47 Å². The zero-order valence-corrected chi connectivity index (χ0v) is 9.82. The minimum Gasteiger partial charge on any atom is -0.494 e. The highest BCUT2D eigenvalue weighted by Gasteiger charge is 2.36. The van der Waals surface area contributed by atoms with Crippen LogP contribution in [0, 0.1) is 0 Å². The maximum atomic E-state index is 5.89. The lowest BCUT2D eigenvalue weighted by molar-refractivity contribution is -0.142. The van der Waals surface area contributed by atoms with Crippen molar-refractivity contribution in [2.24, 2.45) is 0 Å². The lowest BCUT2D eigenvalue weighted by atomic mass is 9.94. The molecule has 2 aliphatic rings. The normalized spacial score (nSPS) is 39.8. The Morgan fingerprint density at radius 3 is 2.80 bits per heavy atom. The second-order valence-corrected chi connectivity index (χ2v) is 5.22. The molecule has 15 heavy (non-hydrogen) atoms. The number of allylic oxidation sites excluding steroid dienone is 1. The van der Waals surface area contributed by atoms with Crippen LogP contribution in [0.15, 0.2) is 12.3 Å². The first-order valence-electron chi connectivity index (χ1n) is 5.80. The predicted octanol–water partition coefficient (Wildman–Crippen LogP) is 2.18. The summed E-state index contributed by atoms with van der Waals surface area (Å²) in [5, 5.41) is 3.51. The Balaban J connectivity index is 1.99. The van der Waals surface area contributed by atoms with Crippen LogP contribution in [-0.2, 0) is 9.47 Å². The van der Waals surface area contributed by atoms with Crippen LogP contribution in [0.3, 0.4) is 0 Å². The van der Waals surface area contributed by atoms with Gasteiger partial charge in [-0.25, -0.2) is 0 Å². The van der Waals surface area contributed by atoms with Crippen molar-refractivity contribution in [2.75, 3.05) is 0 Å². The summed E-state index contributed by atoms with van der Waals surface area (Å²) in [5.74, 6) is 0. The monoisotopic (exact) mass is 211 g/mol. The standard InChI is InChI=1S/C12H21NO2/c1-9-8-12(2,3)13-11(15-9)10-6-4-5-7-14-10/h5,7,9-11,13H,4,6,8H2,1-3H3. The van der Waals surface area contributed by atoms with Gasteiger partial charge in [0.1, 0.15) is 12.3 Å². The van der Waals surface area contributed by atoms with Crippen LogP contribution >= 0.6 is 0 Å². The molecule has 0 amide bonds. The average Bonchev–Trinajstić information content (AvgIpc) is 2.16. The number of ether oxygens (including phenoxy) is 2. The minimum atomic E-state index is 0.0358. The van der Waals surface area contributed by atoms with Crippen LogP contribution in [-0.4, -0.2) is 24.0 Å². The second kappa shape index (κ2) is 4.14. The van der Waals surface area contributed by atoms with Crippen molar-refractivity contribution in [3.63, 3.8) is 0 Å². The molecule has 3 atom stereocenters. The van der Waals surface area contributed by atoms with Crippen molar-refractivity contribution in [3.05, 3.63) is 12.3 Å². The first kappa shape index (κ1) is 11.0. The zero-order chi connectivity index (χ0) is 10.9. The highest BCUT2D eigenvalue weighted by atomic mass is 16.6. The fourth-order valence-electron chi connectivity index (χ4n) is 2.45. The molecule has 0 saturated carbocycles. The Labute approximate surface area is 91.8 Å². The fraction of sp³-hybridized carbons (Fsp3) is 0.833. The highest BCUT2D eigenvalue weighted by Crippen LogP contribution is 2.26. The quantitative estimate of drug-likeness (QED) is 0.721. The summed E-state index contributed by atoms with van der Waals surface area (Å²) in [6, 6.07) is 0. The van der Waals surface area contributed by atoms with Gasteiger partial charge in [-0.3, -0.25) is 5.32 Å². The number of nitrogens with one attached hydrogen (secondary N) is 1. The molecule has 2 rings (SSSR count). The van der Waals surface area contributed by atoms with E-state index in [-0.39, 0.29) is 17.9 Å². The van der Waals surface area contributed by atoms with Crippen molar-refractivity contribution in [2.45, 2.75) is 64.0 Å². The summed E-state index contributed by atoms with van der Waals surface area (Å²) in [6.07, 6.45) is 7.54. The third-order valence-electron chi connectivity index (χ3n) is 3.01. The minimum absolute atomic E-state index is 0.0358. The molecule has 1 N–H and O–H groups in total. The average molecular weight is 211 g/mol. The van der Waals surface area contributed by atoms with E-state index in [9.17, 15) is 0 Å². The van der Waals surface area contributed by atoms with Gasteiger partial charge in [0.2, 0.25) is 0 Å². The molecular weight excluding hydrogens is 190 g/mol. The maximum Gasteiger partial charge on any atom is 0.146 e. The van der Waals surface area contributed by atoms with Gasteiger partial charge in [0.15, 0.2) is 0 Å². The van der Waals surface area contributed by atoms with E-state index in [1.807, 2.05) is 0 Å². The molecule has 0 spiro atoms. The topological polar surface area (TPSA) is 30.5 Å². The summed E-state index contributed by atoms with van der Waals surface area (Å²) in [5.41, 5.74) is 0.146. The molecule has 0 bridgehead atoms. The Morgan fingerprint density at radius 1 is 1.40 bits per heavy atom. The molecule has 3 heteroatoms. The first-order chi connectivity index (χ1) is 7.07. The molecule has 3 unspecified atom stereocenters. The van der Waals surface area contributed by atoms with Crippen LogP contribution in [0.4, 0.5) is 0 Å². The third-order valence-corrected chi connectivity index (χ3v) is 3.01. The Morgan fingerprint density at radius 2 is 2.20 bits per heavy atom. The van der Waals surface area contributed by atoms with Gasteiger partial charge in [0, 0.05) is 5.54 Å². The fourth-order valence-corrected chi connectivity index (χ4v) is 2.45. The molecule has 3 nitrogen and oxygen atoms in total. The van der Waals surface area contributed by atoms with Gasteiger partial charge in [0.25, 0.3) is 0 Å². The van der Waals surface area contributed by atoms with Gasteiger partial charge in [-0.1, -0.05) is 0 Å². The van der Waals surface area contributed by atoms with Crippen molar-refractivity contribution in [1.29, 1.82) is 0 Å². The smallest absolute Gasteiger partial charge is 0.146 e. The van der Waals surface area contributed by atoms with Crippen molar-refractivity contribution in [3.8, 4) is 0 Å². The largest absolute Gasteiger partial charge is 0.494 e. The summed E-state index contributed by atoms with van der Waals surface area (Å²) >= 11 is 0. The van der Waals surface area contributed by atoms with E-state index in [0.29, 0.717) is 6.10 Å². The summed E-state index contributed by atoms with van der Waals surface area (Å²) in [7, 11) is 0. The van der Waals surface area contributed by atoms with Crippen LogP contribution in [0.5, 0.6) is 0 Å². The van der Waals surface area contributed by atoms with E-state index in [0.717, 1.165) is 19.3 Å². The first-order valence-corrected chi connectivity index (χ1v) is 5.80. The molecule has 0 aromatic heterocycles. The molecule has 0 aliphatic carbocycles. The van der Waals surface area contributed by atoms with Crippen LogP contribution < -0.4 is 5.32 Å². The maximum absolute atomic E-state index is 5.89. The van der Waals surface area contributed by atoms with Crippen LogP contribution in [0.25, 0.3) is 0 Å². The van der Waals surface area contributed by atoms with Gasteiger partial charge in [-0.05, 0) is 46.1 Å². The molecule has 0 aromatic rings. The van der Waals surface area contributed by atoms with Crippen molar-refractivity contribution >= 4 is 0 Å². The Kier molecular flexibility index (Phi) is 3.03. The highest BCUT2D eigenvalue weighted by molar-refractivity contribution is 4.92. The molecule has 2 heterocycles. The van der Waals surface area contributed by atoms with Gasteiger partial charge in [-0.15, -0.1) is 0 Å². The SMILES string of the molecule is CC1CC(C)(C)NC(C2CCC=CO2)O1. The summed E-state index contributed by atoms with van der Waals surface area (Å²) in [4.78, 5) is 0. The Bertz CT molecular complexity index is 250. The molecule has 1 fully saturated rings. The second-order valence-electron chi connectivity index (χ2n) is 5.22. The van der Waals surface area contributed by atoms with E-state index in [1.165, 1.54) is 0 Å². The van der Waals surface area contributed by atoms with Crippen LogP contribution in [0.2, 0.25) is 0 Å². The molecular formula is C12H21NO2. The lowest BCUT2D eigenvalue weighted by Gasteiger charge is -2.43. The molecule has 0 radical (unpaired) electrons. The molecule has 86 valence electrons. The summed E-state index contributed by atoms with van der Waals surface area (Å²) in [6.45, 7) is 6.57. The lowest BCUT2D eigenvalue weighted by Crippen LogP contribution is -2.59. The number of hydrogen-bond acceptors (Lipinski definition) is 3. The Hall–Kier alpha value is -0.540. The van der Waals surface area contributed by atoms with E-state index in [2.05, 4.69) is 32.2 Å². The number of hydrogen-bond donors (Lipinski definition) is 1. The van der Waals surface area contributed by atoms with E-state index in [4.69, 9.17) is 9.47 Å². The van der Waals surface area contributed by atoms with Gasteiger partial charge in [-0.2, -0.15) is 0 Å². The van der Waals surface area contributed by atoms with E-state index < -0.39 is 0 Å². The molecule has 2 aliphatic heterocycles. The van der Waals surface area contributed by atoms with Gasteiger partial charge in [0.05, 0.1) is 12.4 Å². The molecule has 0 aromatic carbocycles. The summed E-state index contributed by atoms with van der Waals surface area (Å²) < 4.78 is 11.5. The van der Waals surface area contributed by atoms with E-state index >= 15 is 0 Å².